The average molecular weight is 331 g/mol. The first-order valence-corrected chi connectivity index (χ1v) is 8.18. The van der Waals surface area contributed by atoms with Crippen molar-refractivity contribution in [2.45, 2.75) is 38.2 Å². The number of carbonyl (C=O) groups is 1. The van der Waals surface area contributed by atoms with Crippen molar-refractivity contribution in [2.24, 2.45) is 0 Å². The largest absolute Gasteiger partial charge is 0.388 e. The summed E-state index contributed by atoms with van der Waals surface area (Å²) in [6, 6.07) is 7.67. The molecule has 1 aromatic carbocycles. The minimum atomic E-state index is -0.779. The number of nitrogens with zero attached hydrogens (tertiary/aromatic N) is 3. The number of rotatable bonds is 4. The SMILES string of the molecule is Cc1cc(C(=O)N(C)CC2(O)CCCC2)nn1-c1ccc(F)cc1. The molecule has 0 aliphatic heterocycles. The zero-order chi connectivity index (χ0) is 17.3. The molecule has 0 unspecified atom stereocenters. The van der Waals surface area contributed by atoms with Crippen molar-refractivity contribution in [1.82, 2.24) is 14.7 Å². The summed E-state index contributed by atoms with van der Waals surface area (Å²) in [6.07, 6.45) is 3.45. The normalized spacial score (nSPS) is 16.3. The van der Waals surface area contributed by atoms with Crippen LogP contribution in [0, 0.1) is 12.7 Å². The van der Waals surface area contributed by atoms with Gasteiger partial charge in [0, 0.05) is 19.3 Å². The molecule has 6 heteroatoms. The molecule has 1 aliphatic rings. The summed E-state index contributed by atoms with van der Waals surface area (Å²) in [5.74, 6) is -0.538. The quantitative estimate of drug-likeness (QED) is 0.937. The van der Waals surface area contributed by atoms with Crippen LogP contribution in [0.15, 0.2) is 30.3 Å². The van der Waals surface area contributed by atoms with Crippen molar-refractivity contribution in [3.8, 4) is 5.69 Å². The summed E-state index contributed by atoms with van der Waals surface area (Å²) in [5, 5.41) is 14.8. The van der Waals surface area contributed by atoms with E-state index in [-0.39, 0.29) is 11.7 Å². The van der Waals surface area contributed by atoms with Gasteiger partial charge in [0.15, 0.2) is 5.69 Å². The maximum Gasteiger partial charge on any atom is 0.274 e. The third kappa shape index (κ3) is 3.33. The molecule has 2 aromatic rings. The van der Waals surface area contributed by atoms with Crippen LogP contribution < -0.4 is 0 Å². The Labute approximate surface area is 140 Å². The number of aliphatic hydroxyl groups is 1. The molecule has 128 valence electrons. The molecule has 1 aromatic heterocycles. The molecule has 3 rings (SSSR count). The van der Waals surface area contributed by atoms with Gasteiger partial charge in [0.2, 0.25) is 0 Å². The number of hydrogen-bond donors (Lipinski definition) is 1. The van der Waals surface area contributed by atoms with E-state index >= 15 is 0 Å². The van der Waals surface area contributed by atoms with E-state index < -0.39 is 5.60 Å². The van der Waals surface area contributed by atoms with E-state index in [0.717, 1.165) is 31.4 Å². The third-order valence-corrected chi connectivity index (χ3v) is 4.59. The fourth-order valence-electron chi connectivity index (χ4n) is 3.32. The maximum absolute atomic E-state index is 13.1. The summed E-state index contributed by atoms with van der Waals surface area (Å²) in [4.78, 5) is 14.1. The Kier molecular flexibility index (Phi) is 4.41. The predicted molar refractivity (Wildman–Crippen MR) is 88.6 cm³/mol. The van der Waals surface area contributed by atoms with Gasteiger partial charge < -0.3 is 10.0 Å². The molecule has 0 bridgehead atoms. The molecule has 1 N–H and O–H groups in total. The number of aryl methyl sites for hydroxylation is 1. The Morgan fingerprint density at radius 2 is 1.96 bits per heavy atom. The Morgan fingerprint density at radius 3 is 2.58 bits per heavy atom. The molecule has 24 heavy (non-hydrogen) atoms. The van der Waals surface area contributed by atoms with Gasteiger partial charge in [-0.05, 0) is 50.1 Å². The highest BCUT2D eigenvalue weighted by Crippen LogP contribution is 2.30. The number of aromatic nitrogens is 2. The van der Waals surface area contributed by atoms with Crippen LogP contribution in [0.2, 0.25) is 0 Å². The fourth-order valence-corrected chi connectivity index (χ4v) is 3.32. The summed E-state index contributed by atoms with van der Waals surface area (Å²) in [6.45, 7) is 2.16. The number of likely N-dealkylation sites (N-methyl/N-ethyl adjacent to an activating group) is 1. The summed E-state index contributed by atoms with van der Waals surface area (Å²) < 4.78 is 14.7. The zero-order valence-corrected chi connectivity index (χ0v) is 14.0. The van der Waals surface area contributed by atoms with Crippen LogP contribution >= 0.6 is 0 Å². The topological polar surface area (TPSA) is 58.4 Å². The molecule has 1 fully saturated rings. The lowest BCUT2D eigenvalue weighted by molar-refractivity contribution is 0.0154. The first kappa shape index (κ1) is 16.6. The fraction of sp³-hybridized carbons (Fsp3) is 0.444. The van der Waals surface area contributed by atoms with Crippen molar-refractivity contribution in [3.05, 3.63) is 47.5 Å². The first-order valence-electron chi connectivity index (χ1n) is 8.18. The molecule has 5 nitrogen and oxygen atoms in total. The first-order chi connectivity index (χ1) is 11.4. The van der Waals surface area contributed by atoms with Gasteiger partial charge in [0.25, 0.3) is 5.91 Å². The van der Waals surface area contributed by atoms with Crippen LogP contribution in [0.4, 0.5) is 4.39 Å². The molecule has 0 atom stereocenters. The van der Waals surface area contributed by atoms with Crippen LogP contribution in [-0.4, -0.2) is 44.9 Å². The molecule has 0 saturated heterocycles. The van der Waals surface area contributed by atoms with Gasteiger partial charge in [-0.25, -0.2) is 9.07 Å². The summed E-state index contributed by atoms with van der Waals surface area (Å²) in [5.41, 5.74) is 1.03. The van der Waals surface area contributed by atoms with E-state index in [0.29, 0.717) is 17.9 Å². The third-order valence-electron chi connectivity index (χ3n) is 4.59. The molecular formula is C18H22FN3O2. The predicted octanol–water partition coefficient (Wildman–Crippen LogP) is 2.70. The van der Waals surface area contributed by atoms with Gasteiger partial charge in [-0.2, -0.15) is 5.10 Å². The molecule has 1 aliphatic carbocycles. The highest BCUT2D eigenvalue weighted by atomic mass is 19.1. The van der Waals surface area contributed by atoms with E-state index in [1.807, 2.05) is 6.92 Å². The molecule has 0 spiro atoms. The van der Waals surface area contributed by atoms with Crippen LogP contribution in [-0.2, 0) is 0 Å². The molecule has 0 radical (unpaired) electrons. The standard InChI is InChI=1S/C18H22FN3O2/c1-13-11-16(20-22(13)15-7-5-14(19)6-8-15)17(23)21(2)12-18(24)9-3-4-10-18/h5-8,11,24H,3-4,9-10,12H2,1-2H3. The summed E-state index contributed by atoms with van der Waals surface area (Å²) >= 11 is 0. The van der Waals surface area contributed by atoms with Crippen molar-refractivity contribution in [1.29, 1.82) is 0 Å². The number of benzene rings is 1. The van der Waals surface area contributed by atoms with Gasteiger partial charge in [-0.3, -0.25) is 4.79 Å². The van der Waals surface area contributed by atoms with E-state index in [4.69, 9.17) is 0 Å². The number of carbonyl (C=O) groups excluding carboxylic acids is 1. The highest BCUT2D eigenvalue weighted by Gasteiger charge is 2.34. The molecular weight excluding hydrogens is 309 g/mol. The van der Waals surface area contributed by atoms with Crippen LogP contribution in [0.1, 0.15) is 41.9 Å². The van der Waals surface area contributed by atoms with Gasteiger partial charge in [0.05, 0.1) is 11.3 Å². The van der Waals surface area contributed by atoms with E-state index in [2.05, 4.69) is 5.10 Å². The minimum absolute atomic E-state index is 0.223. The lowest BCUT2D eigenvalue weighted by atomic mass is 10.0. The lowest BCUT2D eigenvalue weighted by Crippen LogP contribution is -2.42. The van der Waals surface area contributed by atoms with Crippen molar-refractivity contribution in [3.63, 3.8) is 0 Å². The van der Waals surface area contributed by atoms with Gasteiger partial charge in [-0.15, -0.1) is 0 Å². The second kappa shape index (κ2) is 6.36. The Balaban J connectivity index is 1.78. The second-order valence-corrected chi connectivity index (χ2v) is 6.65. The van der Waals surface area contributed by atoms with Crippen LogP contribution in [0.25, 0.3) is 5.69 Å². The van der Waals surface area contributed by atoms with Crippen LogP contribution in [0.3, 0.4) is 0 Å². The molecule has 1 heterocycles. The number of halogens is 1. The Bertz CT molecular complexity index is 733. The van der Waals surface area contributed by atoms with Gasteiger partial charge in [-0.1, -0.05) is 12.8 Å². The maximum atomic E-state index is 13.1. The van der Waals surface area contributed by atoms with E-state index in [1.54, 1.807) is 29.9 Å². The number of amides is 1. The van der Waals surface area contributed by atoms with E-state index in [9.17, 15) is 14.3 Å². The Morgan fingerprint density at radius 1 is 1.33 bits per heavy atom. The van der Waals surface area contributed by atoms with Crippen molar-refractivity contribution < 1.29 is 14.3 Å². The van der Waals surface area contributed by atoms with Gasteiger partial charge in [0.1, 0.15) is 5.82 Å². The van der Waals surface area contributed by atoms with Gasteiger partial charge >= 0.3 is 0 Å². The minimum Gasteiger partial charge on any atom is -0.388 e. The second-order valence-electron chi connectivity index (χ2n) is 6.65. The molecule has 1 amide bonds. The Hall–Kier alpha value is -2.21. The zero-order valence-electron chi connectivity index (χ0n) is 14.0. The average Bonchev–Trinajstić information content (AvgIpc) is 3.13. The van der Waals surface area contributed by atoms with Crippen molar-refractivity contribution in [2.75, 3.05) is 13.6 Å². The van der Waals surface area contributed by atoms with Crippen molar-refractivity contribution >= 4 is 5.91 Å². The van der Waals surface area contributed by atoms with E-state index in [1.165, 1.54) is 17.0 Å². The molecule has 1 saturated carbocycles. The summed E-state index contributed by atoms with van der Waals surface area (Å²) in [7, 11) is 1.69. The monoisotopic (exact) mass is 331 g/mol. The highest BCUT2D eigenvalue weighted by molar-refractivity contribution is 5.92. The lowest BCUT2D eigenvalue weighted by Gasteiger charge is -2.28. The number of hydrogen-bond acceptors (Lipinski definition) is 3. The smallest absolute Gasteiger partial charge is 0.274 e. The van der Waals surface area contributed by atoms with Crippen LogP contribution in [0.5, 0.6) is 0 Å².